The van der Waals surface area contributed by atoms with E-state index in [0.717, 1.165) is 36.2 Å². The second-order valence-electron chi connectivity index (χ2n) is 9.04. The molecule has 29 heavy (non-hydrogen) atoms. The standard InChI is InChI=1S/C27H38N2/c1-4-22-9-11-23(12-10-22)18-29-20-27(19-28-3)26-16-14-25(15-17-26)24-7-5-6-21(2)8-13-24/h9-12,16,19-21,24-25H,3-8,13-15,17-18H2,1-2H3/b27-19+,29-20?/t21?,24-,25?/m0/s1. The summed E-state index contributed by atoms with van der Waals surface area (Å²) in [5.74, 6) is 2.73. The molecule has 2 aliphatic rings. The molecular formula is C27H38N2. The predicted octanol–water partition coefficient (Wildman–Crippen LogP) is 7.35. The summed E-state index contributed by atoms with van der Waals surface area (Å²) in [6.45, 7) is 9.00. The number of benzene rings is 1. The molecule has 0 heterocycles. The molecule has 156 valence electrons. The fourth-order valence-corrected chi connectivity index (χ4v) is 4.96. The molecule has 0 spiro atoms. The van der Waals surface area contributed by atoms with Crippen molar-refractivity contribution in [3.05, 3.63) is 58.8 Å². The van der Waals surface area contributed by atoms with Crippen LogP contribution in [0.3, 0.4) is 0 Å². The minimum Gasteiger partial charge on any atom is -0.288 e. The van der Waals surface area contributed by atoms with Crippen LogP contribution in [0.2, 0.25) is 0 Å². The van der Waals surface area contributed by atoms with Gasteiger partial charge in [0, 0.05) is 18.0 Å². The van der Waals surface area contributed by atoms with Crippen LogP contribution < -0.4 is 0 Å². The van der Waals surface area contributed by atoms with Crippen molar-refractivity contribution in [3.63, 3.8) is 0 Å². The average molecular weight is 391 g/mol. The smallest absolute Gasteiger partial charge is 0.0639 e. The van der Waals surface area contributed by atoms with Gasteiger partial charge in [-0.05, 0) is 73.3 Å². The number of rotatable bonds is 7. The van der Waals surface area contributed by atoms with Gasteiger partial charge in [-0.15, -0.1) is 0 Å². The topological polar surface area (TPSA) is 24.7 Å². The van der Waals surface area contributed by atoms with Crippen LogP contribution in [0, 0.1) is 17.8 Å². The van der Waals surface area contributed by atoms with Crippen molar-refractivity contribution in [2.75, 3.05) is 0 Å². The van der Waals surface area contributed by atoms with Crippen molar-refractivity contribution in [2.24, 2.45) is 27.7 Å². The van der Waals surface area contributed by atoms with Crippen molar-refractivity contribution >= 4 is 12.9 Å². The third-order valence-corrected chi connectivity index (χ3v) is 6.96. The van der Waals surface area contributed by atoms with Crippen molar-refractivity contribution in [3.8, 4) is 0 Å². The Balaban J connectivity index is 1.58. The second-order valence-corrected chi connectivity index (χ2v) is 9.04. The average Bonchev–Trinajstić information content (AvgIpc) is 2.98. The minimum atomic E-state index is 0.717. The molecule has 1 saturated carbocycles. The van der Waals surface area contributed by atoms with Gasteiger partial charge in [-0.3, -0.25) is 9.98 Å². The van der Waals surface area contributed by atoms with E-state index in [1.807, 2.05) is 12.4 Å². The molecule has 2 aliphatic carbocycles. The first-order valence-electron chi connectivity index (χ1n) is 11.6. The van der Waals surface area contributed by atoms with E-state index in [9.17, 15) is 0 Å². The highest BCUT2D eigenvalue weighted by molar-refractivity contribution is 5.84. The van der Waals surface area contributed by atoms with Crippen LogP contribution in [0.15, 0.2) is 57.7 Å². The first-order chi connectivity index (χ1) is 14.2. The van der Waals surface area contributed by atoms with Crippen molar-refractivity contribution < 1.29 is 0 Å². The zero-order valence-electron chi connectivity index (χ0n) is 18.4. The van der Waals surface area contributed by atoms with Crippen LogP contribution in [0.1, 0.15) is 76.3 Å². The minimum absolute atomic E-state index is 0.717. The summed E-state index contributed by atoms with van der Waals surface area (Å²) in [4.78, 5) is 8.74. The highest BCUT2D eigenvalue weighted by Gasteiger charge is 2.26. The highest BCUT2D eigenvalue weighted by Crippen LogP contribution is 2.39. The molecule has 0 radical (unpaired) electrons. The number of nitrogens with zero attached hydrogens (tertiary/aromatic N) is 2. The third-order valence-electron chi connectivity index (χ3n) is 6.96. The van der Waals surface area contributed by atoms with E-state index in [1.165, 1.54) is 61.6 Å². The predicted molar refractivity (Wildman–Crippen MR) is 127 cm³/mol. The zero-order chi connectivity index (χ0) is 20.5. The Hall–Kier alpha value is -1.96. The number of aliphatic imine (C=N–C) groups is 2. The Morgan fingerprint density at radius 1 is 1.03 bits per heavy atom. The van der Waals surface area contributed by atoms with E-state index in [1.54, 1.807) is 0 Å². The zero-order valence-corrected chi connectivity index (χ0v) is 18.4. The fourth-order valence-electron chi connectivity index (χ4n) is 4.96. The largest absolute Gasteiger partial charge is 0.288 e. The van der Waals surface area contributed by atoms with Gasteiger partial charge < -0.3 is 0 Å². The number of hydrogen-bond acceptors (Lipinski definition) is 2. The van der Waals surface area contributed by atoms with E-state index in [2.05, 4.69) is 55.9 Å². The molecule has 0 N–H and O–H groups in total. The lowest BCUT2D eigenvalue weighted by Gasteiger charge is -2.29. The van der Waals surface area contributed by atoms with Gasteiger partial charge in [0.15, 0.2) is 0 Å². The summed E-state index contributed by atoms with van der Waals surface area (Å²) in [5.41, 5.74) is 5.17. The molecule has 0 amide bonds. The van der Waals surface area contributed by atoms with Crippen molar-refractivity contribution in [1.82, 2.24) is 0 Å². The van der Waals surface area contributed by atoms with Gasteiger partial charge in [0.2, 0.25) is 0 Å². The Bertz CT molecular complexity index is 738. The van der Waals surface area contributed by atoms with Crippen LogP contribution in [0.5, 0.6) is 0 Å². The lowest BCUT2D eigenvalue weighted by Crippen LogP contribution is -2.17. The molecule has 2 heteroatoms. The van der Waals surface area contributed by atoms with E-state index >= 15 is 0 Å². The first-order valence-corrected chi connectivity index (χ1v) is 11.6. The maximum atomic E-state index is 4.70. The molecule has 3 rings (SSSR count). The van der Waals surface area contributed by atoms with E-state index in [4.69, 9.17) is 4.99 Å². The molecule has 2 unspecified atom stereocenters. The number of hydrogen-bond donors (Lipinski definition) is 0. The van der Waals surface area contributed by atoms with Gasteiger partial charge in [0.25, 0.3) is 0 Å². The third kappa shape index (κ3) is 6.52. The molecule has 1 aromatic carbocycles. The van der Waals surface area contributed by atoms with Gasteiger partial charge >= 0.3 is 0 Å². The van der Waals surface area contributed by atoms with Crippen LogP contribution >= 0.6 is 0 Å². The molecule has 1 aromatic rings. The molecule has 0 aromatic heterocycles. The van der Waals surface area contributed by atoms with Gasteiger partial charge in [0.05, 0.1) is 6.54 Å². The lowest BCUT2D eigenvalue weighted by atomic mass is 9.76. The van der Waals surface area contributed by atoms with Gasteiger partial charge in [-0.2, -0.15) is 0 Å². The normalized spacial score (nSPS) is 26.2. The molecule has 2 nitrogen and oxygen atoms in total. The summed E-state index contributed by atoms with van der Waals surface area (Å²) in [6, 6.07) is 8.77. The van der Waals surface area contributed by atoms with Gasteiger partial charge in [0.1, 0.15) is 0 Å². The Morgan fingerprint density at radius 3 is 2.52 bits per heavy atom. The molecule has 0 saturated heterocycles. The van der Waals surface area contributed by atoms with Gasteiger partial charge in [-0.25, -0.2) is 0 Å². The Labute approximate surface area is 177 Å². The Kier molecular flexibility index (Phi) is 8.46. The molecule has 0 bridgehead atoms. The summed E-state index contributed by atoms with van der Waals surface area (Å²) < 4.78 is 0. The maximum absolute atomic E-state index is 4.70. The molecule has 0 aliphatic heterocycles. The lowest BCUT2D eigenvalue weighted by molar-refractivity contribution is 0.273. The van der Waals surface area contributed by atoms with Crippen LogP contribution in [0.4, 0.5) is 0 Å². The SMILES string of the molecule is C=N/C=C(\C=NCc1ccc(CC)cc1)C1=CCC([C@H]2CCCC(C)CC2)CC1. The van der Waals surface area contributed by atoms with E-state index in [0.29, 0.717) is 6.54 Å². The number of allylic oxidation sites excluding steroid dienone is 3. The Morgan fingerprint density at radius 2 is 1.83 bits per heavy atom. The molecule has 1 fully saturated rings. The van der Waals surface area contributed by atoms with E-state index in [-0.39, 0.29) is 0 Å². The summed E-state index contributed by atoms with van der Waals surface area (Å²) in [5, 5.41) is 0. The number of aryl methyl sites for hydroxylation is 1. The van der Waals surface area contributed by atoms with Crippen molar-refractivity contribution in [2.45, 2.75) is 78.2 Å². The molecular weight excluding hydrogens is 352 g/mol. The highest BCUT2D eigenvalue weighted by atomic mass is 14.7. The van der Waals surface area contributed by atoms with Crippen LogP contribution in [-0.4, -0.2) is 12.9 Å². The van der Waals surface area contributed by atoms with Crippen molar-refractivity contribution in [1.29, 1.82) is 0 Å². The summed E-state index contributed by atoms with van der Waals surface area (Å²) >= 11 is 0. The first kappa shape index (κ1) is 21.7. The quantitative estimate of drug-likeness (QED) is 0.343. The van der Waals surface area contributed by atoms with E-state index < -0.39 is 0 Å². The van der Waals surface area contributed by atoms with Gasteiger partial charge in [-0.1, -0.05) is 69.9 Å². The second kappa shape index (κ2) is 11.3. The summed E-state index contributed by atoms with van der Waals surface area (Å²) in [6.07, 6.45) is 18.3. The molecule has 3 atom stereocenters. The van der Waals surface area contributed by atoms with Crippen LogP contribution in [0.25, 0.3) is 0 Å². The monoisotopic (exact) mass is 390 g/mol. The van der Waals surface area contributed by atoms with Crippen LogP contribution in [-0.2, 0) is 13.0 Å². The maximum Gasteiger partial charge on any atom is 0.0639 e. The summed E-state index contributed by atoms with van der Waals surface area (Å²) in [7, 11) is 0. The fraction of sp³-hybridized carbons (Fsp3) is 0.556.